The van der Waals surface area contributed by atoms with Gasteiger partial charge in [-0.05, 0) is 6.92 Å². The lowest BCUT2D eigenvalue weighted by Crippen LogP contribution is -2.17. The van der Waals surface area contributed by atoms with Crippen LogP contribution in [0.3, 0.4) is 0 Å². The first-order valence-electron chi connectivity index (χ1n) is 7.01. The summed E-state index contributed by atoms with van der Waals surface area (Å²) < 4.78 is 3.38. The Labute approximate surface area is 130 Å². The summed E-state index contributed by atoms with van der Waals surface area (Å²) in [6.07, 6.45) is 1.67. The van der Waals surface area contributed by atoms with Gasteiger partial charge >= 0.3 is 0 Å². The summed E-state index contributed by atoms with van der Waals surface area (Å²) in [5, 5.41) is 20.0. The maximum absolute atomic E-state index is 10.6. The molecule has 1 atom stereocenters. The summed E-state index contributed by atoms with van der Waals surface area (Å²) in [5.41, 5.74) is 3.38. The van der Waals surface area contributed by atoms with Crippen molar-refractivity contribution in [1.29, 1.82) is 0 Å². The van der Waals surface area contributed by atoms with Gasteiger partial charge in [0.15, 0.2) is 0 Å². The second-order valence-electron chi connectivity index (χ2n) is 6.56. The van der Waals surface area contributed by atoms with E-state index < -0.39 is 6.10 Å². The minimum absolute atomic E-state index is 0.120. The van der Waals surface area contributed by atoms with Crippen LogP contribution >= 0.6 is 11.6 Å². The molecule has 0 aliphatic heterocycles. The molecule has 2 rings (SSSR count). The van der Waals surface area contributed by atoms with Crippen LogP contribution in [0.2, 0.25) is 5.15 Å². The monoisotopic (exact) mass is 310 g/mol. The van der Waals surface area contributed by atoms with Crippen molar-refractivity contribution in [3.8, 4) is 0 Å². The number of aryl methyl sites for hydroxylation is 3. The van der Waals surface area contributed by atoms with E-state index in [4.69, 9.17) is 11.6 Å². The number of hydrogen-bond donors (Lipinski definition) is 1. The molecule has 1 N–H and O–H groups in total. The standard InChI is InChI=1S/C15H23ClN4O/c1-9-10(14(16)20(6)17-9)7-12(21)11-8-19(5)18-13(11)15(2,3)4/h8,12,21H,7H2,1-6H3. The minimum Gasteiger partial charge on any atom is -0.388 e. The van der Waals surface area contributed by atoms with Gasteiger partial charge in [-0.2, -0.15) is 10.2 Å². The normalized spacial score (nSPS) is 13.7. The van der Waals surface area contributed by atoms with Crippen molar-refractivity contribution in [3.05, 3.63) is 33.9 Å². The Kier molecular flexibility index (Phi) is 4.17. The summed E-state index contributed by atoms with van der Waals surface area (Å²) in [6, 6.07) is 0. The van der Waals surface area contributed by atoms with Crippen LogP contribution < -0.4 is 0 Å². The Balaban J connectivity index is 2.35. The van der Waals surface area contributed by atoms with Crippen LogP contribution in [0, 0.1) is 6.92 Å². The second-order valence-corrected chi connectivity index (χ2v) is 6.91. The van der Waals surface area contributed by atoms with Crippen LogP contribution in [0.4, 0.5) is 0 Å². The molecule has 0 saturated carbocycles. The predicted octanol–water partition coefficient (Wildman–Crippen LogP) is 2.69. The van der Waals surface area contributed by atoms with Gasteiger partial charge < -0.3 is 5.11 Å². The molecule has 116 valence electrons. The van der Waals surface area contributed by atoms with E-state index >= 15 is 0 Å². The zero-order chi connectivity index (χ0) is 15.9. The van der Waals surface area contributed by atoms with Crippen molar-refractivity contribution in [2.24, 2.45) is 14.1 Å². The molecule has 0 aliphatic carbocycles. The van der Waals surface area contributed by atoms with Gasteiger partial charge in [0.25, 0.3) is 0 Å². The largest absolute Gasteiger partial charge is 0.388 e. The van der Waals surface area contributed by atoms with Gasteiger partial charge in [-0.3, -0.25) is 9.36 Å². The molecule has 0 fully saturated rings. The van der Waals surface area contributed by atoms with E-state index in [0.29, 0.717) is 11.6 Å². The third-order valence-corrected chi connectivity index (χ3v) is 4.07. The SMILES string of the molecule is Cc1nn(C)c(Cl)c1CC(O)c1cn(C)nc1C(C)(C)C. The highest BCUT2D eigenvalue weighted by Crippen LogP contribution is 2.31. The first kappa shape index (κ1) is 16.0. The fraction of sp³-hybridized carbons (Fsp3) is 0.600. The molecule has 0 radical (unpaired) electrons. The average molecular weight is 311 g/mol. The lowest BCUT2D eigenvalue weighted by molar-refractivity contribution is 0.175. The van der Waals surface area contributed by atoms with Crippen molar-refractivity contribution >= 4 is 11.6 Å². The minimum atomic E-state index is -0.645. The lowest BCUT2D eigenvalue weighted by atomic mass is 9.87. The average Bonchev–Trinajstić information content (AvgIpc) is 2.85. The summed E-state index contributed by atoms with van der Waals surface area (Å²) in [6.45, 7) is 8.18. The number of aromatic nitrogens is 4. The van der Waals surface area contributed by atoms with Crippen molar-refractivity contribution in [2.75, 3.05) is 0 Å². The molecule has 0 spiro atoms. The van der Waals surface area contributed by atoms with Gasteiger partial charge in [-0.15, -0.1) is 0 Å². The van der Waals surface area contributed by atoms with E-state index in [1.807, 2.05) is 20.2 Å². The van der Waals surface area contributed by atoms with Crippen molar-refractivity contribution < 1.29 is 5.11 Å². The Hall–Kier alpha value is -1.33. The van der Waals surface area contributed by atoms with Gasteiger partial charge in [-0.1, -0.05) is 32.4 Å². The molecule has 2 heterocycles. The molecule has 0 bridgehead atoms. The van der Waals surface area contributed by atoms with Gasteiger partial charge in [0.2, 0.25) is 0 Å². The highest BCUT2D eigenvalue weighted by molar-refractivity contribution is 6.30. The maximum atomic E-state index is 10.6. The Bertz CT molecular complexity index is 651. The van der Waals surface area contributed by atoms with Crippen LogP contribution in [-0.2, 0) is 25.9 Å². The van der Waals surface area contributed by atoms with Crippen LogP contribution in [0.15, 0.2) is 6.20 Å². The van der Waals surface area contributed by atoms with Gasteiger partial charge in [-0.25, -0.2) is 0 Å². The zero-order valence-electron chi connectivity index (χ0n) is 13.5. The number of nitrogens with zero attached hydrogens (tertiary/aromatic N) is 4. The lowest BCUT2D eigenvalue weighted by Gasteiger charge is -2.20. The molecule has 21 heavy (non-hydrogen) atoms. The van der Waals surface area contributed by atoms with Crippen LogP contribution in [0.1, 0.15) is 49.4 Å². The summed E-state index contributed by atoms with van der Waals surface area (Å²) in [7, 11) is 3.67. The molecule has 5 nitrogen and oxygen atoms in total. The van der Waals surface area contributed by atoms with Crippen molar-refractivity contribution in [1.82, 2.24) is 19.6 Å². The van der Waals surface area contributed by atoms with Crippen molar-refractivity contribution in [2.45, 2.75) is 45.6 Å². The third-order valence-electron chi connectivity index (χ3n) is 3.59. The van der Waals surface area contributed by atoms with E-state index in [9.17, 15) is 5.11 Å². The molecule has 0 saturated heterocycles. The molecule has 0 amide bonds. The maximum Gasteiger partial charge on any atom is 0.130 e. The quantitative estimate of drug-likeness (QED) is 0.948. The van der Waals surface area contributed by atoms with Gasteiger partial charge in [0, 0.05) is 43.3 Å². The van der Waals surface area contributed by atoms with Gasteiger partial charge in [0.1, 0.15) is 5.15 Å². The highest BCUT2D eigenvalue weighted by Gasteiger charge is 2.27. The van der Waals surface area contributed by atoms with E-state index in [0.717, 1.165) is 22.5 Å². The van der Waals surface area contributed by atoms with Gasteiger partial charge in [0.05, 0.1) is 17.5 Å². The number of hydrogen-bond acceptors (Lipinski definition) is 3. The first-order chi connectivity index (χ1) is 9.61. The zero-order valence-corrected chi connectivity index (χ0v) is 14.2. The molecule has 0 aromatic carbocycles. The summed E-state index contributed by atoms with van der Waals surface area (Å²) in [5.74, 6) is 0. The van der Waals surface area contributed by atoms with E-state index in [1.165, 1.54) is 0 Å². The van der Waals surface area contributed by atoms with E-state index in [-0.39, 0.29) is 5.41 Å². The predicted molar refractivity (Wildman–Crippen MR) is 83.5 cm³/mol. The molecule has 0 aliphatic rings. The topological polar surface area (TPSA) is 55.9 Å². The molecular weight excluding hydrogens is 288 g/mol. The Morgan fingerprint density at radius 1 is 1.29 bits per heavy atom. The van der Waals surface area contributed by atoms with E-state index in [1.54, 1.807) is 16.4 Å². The van der Waals surface area contributed by atoms with Crippen molar-refractivity contribution in [3.63, 3.8) is 0 Å². The summed E-state index contributed by atoms with van der Waals surface area (Å²) in [4.78, 5) is 0. The molecule has 1 unspecified atom stereocenters. The Morgan fingerprint density at radius 3 is 2.38 bits per heavy atom. The van der Waals surface area contributed by atoms with E-state index in [2.05, 4.69) is 31.0 Å². The second kappa shape index (κ2) is 5.46. The number of halogens is 1. The van der Waals surface area contributed by atoms with Crippen LogP contribution in [-0.4, -0.2) is 24.7 Å². The first-order valence-corrected chi connectivity index (χ1v) is 7.39. The van der Waals surface area contributed by atoms with Crippen LogP contribution in [0.25, 0.3) is 0 Å². The highest BCUT2D eigenvalue weighted by atomic mass is 35.5. The fourth-order valence-corrected chi connectivity index (χ4v) is 2.79. The van der Waals surface area contributed by atoms with Crippen LogP contribution in [0.5, 0.6) is 0 Å². The smallest absolute Gasteiger partial charge is 0.130 e. The molecule has 2 aromatic rings. The fourth-order valence-electron chi connectivity index (χ4n) is 2.54. The molecule has 6 heteroatoms. The number of aliphatic hydroxyl groups excluding tert-OH is 1. The third kappa shape index (κ3) is 3.14. The molecule has 2 aromatic heterocycles. The summed E-state index contributed by atoms with van der Waals surface area (Å²) >= 11 is 6.25. The number of aliphatic hydroxyl groups is 1. The number of rotatable bonds is 3. The molecular formula is C15H23ClN4O. The Morgan fingerprint density at radius 2 is 1.90 bits per heavy atom.